The standard InChI is InChI=1S/C20H23NO6S/c1-4-26-16-8-6-15(7-9-16)21-14-19(20(22)25-3)28(23,24)18-12-10-17(11-13-18)27-5-2/h6-14,21H,4-5H2,1-3H3/b19-14-. The van der Waals surface area contributed by atoms with Gasteiger partial charge in [0.1, 0.15) is 11.5 Å². The first-order valence-electron chi connectivity index (χ1n) is 8.68. The minimum absolute atomic E-state index is 0.0407. The Hall–Kier alpha value is -3.00. The molecule has 0 atom stereocenters. The van der Waals surface area contributed by atoms with Crippen molar-refractivity contribution >= 4 is 21.5 Å². The Morgan fingerprint density at radius 2 is 1.43 bits per heavy atom. The molecule has 0 radical (unpaired) electrons. The maximum Gasteiger partial charge on any atom is 0.351 e. The maximum atomic E-state index is 12.9. The molecular weight excluding hydrogens is 382 g/mol. The average Bonchev–Trinajstić information content (AvgIpc) is 2.70. The summed E-state index contributed by atoms with van der Waals surface area (Å²) in [6.45, 7) is 4.71. The molecule has 2 rings (SSSR count). The van der Waals surface area contributed by atoms with E-state index in [0.29, 0.717) is 30.4 Å². The quantitative estimate of drug-likeness (QED) is 0.505. The second kappa shape index (κ2) is 9.80. The Kier molecular flexibility index (Phi) is 7.45. The van der Waals surface area contributed by atoms with Gasteiger partial charge < -0.3 is 19.5 Å². The van der Waals surface area contributed by atoms with E-state index in [9.17, 15) is 13.2 Å². The number of benzene rings is 2. The SMILES string of the molecule is CCOc1ccc(N/C=C(/C(=O)OC)S(=O)(=O)c2ccc(OCC)cc2)cc1. The lowest BCUT2D eigenvalue weighted by Gasteiger charge is -2.10. The minimum atomic E-state index is -4.09. The number of anilines is 1. The summed E-state index contributed by atoms with van der Waals surface area (Å²) in [5, 5.41) is 2.81. The van der Waals surface area contributed by atoms with Gasteiger partial charge in [-0.2, -0.15) is 0 Å². The van der Waals surface area contributed by atoms with Crippen molar-refractivity contribution in [1.82, 2.24) is 0 Å². The predicted molar refractivity (Wildman–Crippen MR) is 106 cm³/mol. The van der Waals surface area contributed by atoms with Gasteiger partial charge in [0.2, 0.25) is 9.84 Å². The molecule has 0 amide bonds. The fourth-order valence-corrected chi connectivity index (χ4v) is 3.58. The van der Waals surface area contributed by atoms with Crippen LogP contribution in [0.2, 0.25) is 0 Å². The van der Waals surface area contributed by atoms with Crippen molar-refractivity contribution in [2.24, 2.45) is 0 Å². The molecule has 2 aromatic rings. The van der Waals surface area contributed by atoms with Gasteiger partial charge in [-0.15, -0.1) is 0 Å². The van der Waals surface area contributed by atoms with Crippen molar-refractivity contribution in [2.75, 3.05) is 25.6 Å². The zero-order valence-corrected chi connectivity index (χ0v) is 16.8. The van der Waals surface area contributed by atoms with Gasteiger partial charge in [0.05, 0.1) is 25.2 Å². The Labute approximate surface area is 164 Å². The molecule has 150 valence electrons. The number of methoxy groups -OCH3 is 1. The lowest BCUT2D eigenvalue weighted by atomic mass is 10.3. The molecule has 0 saturated carbocycles. The van der Waals surface area contributed by atoms with E-state index in [1.807, 2.05) is 13.8 Å². The van der Waals surface area contributed by atoms with Crippen LogP contribution in [0.5, 0.6) is 11.5 Å². The maximum absolute atomic E-state index is 12.9. The molecule has 0 fully saturated rings. The molecule has 0 aliphatic carbocycles. The Bertz CT molecular complexity index is 918. The van der Waals surface area contributed by atoms with Crippen LogP contribution in [-0.2, 0) is 19.4 Å². The topological polar surface area (TPSA) is 90.9 Å². The second-order valence-electron chi connectivity index (χ2n) is 5.51. The molecule has 1 N–H and O–H groups in total. The van der Waals surface area contributed by atoms with E-state index in [1.54, 1.807) is 24.3 Å². The number of hydrogen-bond donors (Lipinski definition) is 1. The summed E-state index contributed by atoms with van der Waals surface area (Å²) < 4.78 is 41.1. The van der Waals surface area contributed by atoms with Crippen LogP contribution in [0, 0.1) is 0 Å². The number of esters is 1. The smallest absolute Gasteiger partial charge is 0.351 e. The van der Waals surface area contributed by atoms with Gasteiger partial charge in [-0.05, 0) is 62.4 Å². The fourth-order valence-electron chi connectivity index (χ4n) is 2.32. The summed E-state index contributed by atoms with van der Waals surface area (Å²) in [5.74, 6) is 0.261. The molecule has 0 aliphatic rings. The first kappa shape index (κ1) is 21.3. The molecule has 0 heterocycles. The molecule has 0 spiro atoms. The third-order valence-electron chi connectivity index (χ3n) is 3.66. The molecule has 0 saturated heterocycles. The van der Waals surface area contributed by atoms with Crippen LogP contribution in [0.25, 0.3) is 0 Å². The highest BCUT2D eigenvalue weighted by Crippen LogP contribution is 2.24. The van der Waals surface area contributed by atoms with Gasteiger partial charge in [0.25, 0.3) is 0 Å². The van der Waals surface area contributed by atoms with Gasteiger partial charge >= 0.3 is 5.97 Å². The fraction of sp³-hybridized carbons (Fsp3) is 0.250. The summed E-state index contributed by atoms with van der Waals surface area (Å²) in [6, 6.07) is 12.7. The summed E-state index contributed by atoms with van der Waals surface area (Å²) in [5.41, 5.74) is 0.590. The van der Waals surface area contributed by atoms with E-state index >= 15 is 0 Å². The Morgan fingerprint density at radius 3 is 1.89 bits per heavy atom. The van der Waals surface area contributed by atoms with Crippen LogP contribution in [0.3, 0.4) is 0 Å². The van der Waals surface area contributed by atoms with Crippen LogP contribution in [-0.4, -0.2) is 34.7 Å². The second-order valence-corrected chi connectivity index (χ2v) is 7.43. The van der Waals surface area contributed by atoms with Crippen molar-refractivity contribution in [3.8, 4) is 11.5 Å². The van der Waals surface area contributed by atoms with Gasteiger partial charge in [0.15, 0.2) is 4.91 Å². The summed E-state index contributed by atoms with van der Waals surface area (Å²) in [7, 11) is -2.96. The van der Waals surface area contributed by atoms with E-state index in [4.69, 9.17) is 9.47 Å². The van der Waals surface area contributed by atoms with E-state index in [1.165, 1.54) is 24.3 Å². The van der Waals surface area contributed by atoms with Crippen molar-refractivity contribution in [2.45, 2.75) is 18.7 Å². The highest BCUT2D eigenvalue weighted by Gasteiger charge is 2.28. The van der Waals surface area contributed by atoms with E-state index < -0.39 is 20.7 Å². The summed E-state index contributed by atoms with van der Waals surface area (Å²) >= 11 is 0. The third-order valence-corrected chi connectivity index (χ3v) is 5.41. The van der Waals surface area contributed by atoms with Crippen LogP contribution in [0.15, 0.2) is 64.5 Å². The van der Waals surface area contributed by atoms with Crippen molar-refractivity contribution in [1.29, 1.82) is 0 Å². The van der Waals surface area contributed by atoms with Gasteiger partial charge in [-0.1, -0.05) is 0 Å². The zero-order chi connectivity index (χ0) is 20.6. The predicted octanol–water partition coefficient (Wildman–Crippen LogP) is 3.38. The zero-order valence-electron chi connectivity index (χ0n) is 16.0. The number of ether oxygens (including phenoxy) is 3. The molecular formula is C20H23NO6S. The molecule has 0 aromatic heterocycles. The molecule has 0 bridgehead atoms. The molecule has 0 unspecified atom stereocenters. The minimum Gasteiger partial charge on any atom is -0.494 e. The lowest BCUT2D eigenvalue weighted by molar-refractivity contribution is -0.135. The largest absolute Gasteiger partial charge is 0.494 e. The lowest BCUT2D eigenvalue weighted by Crippen LogP contribution is -2.17. The summed E-state index contributed by atoms with van der Waals surface area (Å²) in [4.78, 5) is 11.6. The van der Waals surface area contributed by atoms with Crippen molar-refractivity contribution in [3.63, 3.8) is 0 Å². The van der Waals surface area contributed by atoms with Crippen molar-refractivity contribution in [3.05, 3.63) is 59.6 Å². The molecule has 8 heteroatoms. The van der Waals surface area contributed by atoms with Crippen LogP contribution in [0.4, 0.5) is 5.69 Å². The molecule has 2 aromatic carbocycles. The molecule has 28 heavy (non-hydrogen) atoms. The van der Waals surface area contributed by atoms with E-state index in [-0.39, 0.29) is 4.90 Å². The van der Waals surface area contributed by atoms with Crippen LogP contribution in [0.1, 0.15) is 13.8 Å². The van der Waals surface area contributed by atoms with Gasteiger partial charge in [-0.25, -0.2) is 13.2 Å². The number of rotatable bonds is 9. The molecule has 7 nitrogen and oxygen atoms in total. The van der Waals surface area contributed by atoms with Crippen LogP contribution < -0.4 is 14.8 Å². The number of carbonyl (C=O) groups excluding carboxylic acids is 1. The number of carbonyl (C=O) groups is 1. The number of sulfone groups is 1. The van der Waals surface area contributed by atoms with E-state index in [2.05, 4.69) is 10.1 Å². The first-order chi connectivity index (χ1) is 13.4. The Balaban J connectivity index is 2.30. The highest BCUT2D eigenvalue weighted by molar-refractivity contribution is 7.96. The van der Waals surface area contributed by atoms with Gasteiger partial charge in [-0.3, -0.25) is 0 Å². The normalized spacial score (nSPS) is 11.6. The Morgan fingerprint density at radius 1 is 0.929 bits per heavy atom. The van der Waals surface area contributed by atoms with E-state index in [0.717, 1.165) is 13.3 Å². The first-order valence-corrected chi connectivity index (χ1v) is 10.2. The molecule has 0 aliphatic heterocycles. The number of hydrogen-bond acceptors (Lipinski definition) is 7. The van der Waals surface area contributed by atoms with Crippen LogP contribution >= 0.6 is 0 Å². The van der Waals surface area contributed by atoms with Gasteiger partial charge in [0, 0.05) is 11.9 Å². The third kappa shape index (κ3) is 5.26. The monoisotopic (exact) mass is 405 g/mol. The van der Waals surface area contributed by atoms with Crippen molar-refractivity contribution < 1.29 is 27.4 Å². The highest BCUT2D eigenvalue weighted by atomic mass is 32.2. The summed E-state index contributed by atoms with van der Waals surface area (Å²) in [6.07, 6.45) is 1.12. The average molecular weight is 405 g/mol. The number of nitrogens with one attached hydrogen (secondary N) is 1.